The molecule has 0 amide bonds. The second-order valence-corrected chi connectivity index (χ2v) is 7.64. The summed E-state index contributed by atoms with van der Waals surface area (Å²) < 4.78 is 6.31. The van der Waals surface area contributed by atoms with Crippen LogP contribution < -0.4 is 0 Å². The molecule has 2 N–H and O–H groups in total. The first-order valence-electron chi connectivity index (χ1n) is 7.32. The third kappa shape index (κ3) is 1.53. The van der Waals surface area contributed by atoms with E-state index in [0.29, 0.717) is 17.3 Å². The van der Waals surface area contributed by atoms with Crippen LogP contribution in [-0.4, -0.2) is 34.1 Å². The van der Waals surface area contributed by atoms with Crippen LogP contribution in [0.2, 0.25) is 0 Å². The number of hydrogen-bond donors (Lipinski definition) is 2. The molecule has 1 aliphatic carbocycles. The number of hydrogen-bond acceptors (Lipinski definition) is 3. The standard InChI is InChI=1S/C15H26O3/c1-13(2)8-11-10(13)4-6-14(3)12(17)5-7-15(11,9-16)18-14/h10-12,16-17H,4-9H2,1-3H3/t10-,11+,12-,14-,15+/m1/s1. The van der Waals surface area contributed by atoms with Gasteiger partial charge in [0.05, 0.1) is 23.9 Å². The Balaban J connectivity index is 1.96. The monoisotopic (exact) mass is 254 g/mol. The molecule has 2 bridgehead atoms. The van der Waals surface area contributed by atoms with Crippen molar-refractivity contribution < 1.29 is 14.9 Å². The zero-order chi connectivity index (χ0) is 13.2. The van der Waals surface area contributed by atoms with Gasteiger partial charge >= 0.3 is 0 Å². The third-order valence-corrected chi connectivity index (χ3v) is 6.11. The van der Waals surface area contributed by atoms with Gasteiger partial charge in [0, 0.05) is 0 Å². The van der Waals surface area contributed by atoms with E-state index >= 15 is 0 Å². The Morgan fingerprint density at radius 3 is 2.44 bits per heavy atom. The van der Waals surface area contributed by atoms with Gasteiger partial charge in [-0.1, -0.05) is 13.8 Å². The maximum Gasteiger partial charge on any atom is 0.0952 e. The highest BCUT2D eigenvalue weighted by molar-refractivity contribution is 5.11. The Kier molecular flexibility index (Phi) is 2.66. The largest absolute Gasteiger partial charge is 0.393 e. The Hall–Kier alpha value is -0.120. The molecule has 3 rings (SSSR count). The van der Waals surface area contributed by atoms with E-state index in [0.717, 1.165) is 32.1 Å². The summed E-state index contributed by atoms with van der Waals surface area (Å²) in [6.45, 7) is 6.78. The van der Waals surface area contributed by atoms with E-state index in [9.17, 15) is 10.2 Å². The normalized spacial score (nSPS) is 54.2. The zero-order valence-electron chi connectivity index (χ0n) is 11.8. The molecule has 0 aromatic heterocycles. The predicted molar refractivity (Wildman–Crippen MR) is 69.2 cm³/mol. The Morgan fingerprint density at radius 2 is 1.83 bits per heavy atom. The Labute approximate surface area is 110 Å². The van der Waals surface area contributed by atoms with Crippen LogP contribution in [0, 0.1) is 17.3 Å². The quantitative estimate of drug-likeness (QED) is 0.753. The molecule has 18 heavy (non-hydrogen) atoms. The van der Waals surface area contributed by atoms with Crippen molar-refractivity contribution in [2.45, 2.75) is 70.2 Å². The molecule has 3 aliphatic rings. The van der Waals surface area contributed by atoms with Gasteiger partial charge in [-0.05, 0) is 56.3 Å². The van der Waals surface area contributed by atoms with Gasteiger partial charge < -0.3 is 14.9 Å². The second kappa shape index (κ2) is 3.71. The maximum atomic E-state index is 10.2. The molecule has 3 fully saturated rings. The Morgan fingerprint density at radius 1 is 1.11 bits per heavy atom. The van der Waals surface area contributed by atoms with Crippen molar-refractivity contribution in [3.8, 4) is 0 Å². The molecule has 0 aromatic rings. The van der Waals surface area contributed by atoms with Gasteiger partial charge in [0.15, 0.2) is 0 Å². The lowest BCUT2D eigenvalue weighted by Gasteiger charge is -2.59. The summed E-state index contributed by atoms with van der Waals surface area (Å²) >= 11 is 0. The molecule has 0 spiro atoms. The number of aliphatic hydroxyl groups is 2. The average molecular weight is 254 g/mol. The van der Waals surface area contributed by atoms with Crippen molar-refractivity contribution in [3.63, 3.8) is 0 Å². The molecule has 0 unspecified atom stereocenters. The van der Waals surface area contributed by atoms with Crippen molar-refractivity contribution in [1.29, 1.82) is 0 Å². The van der Waals surface area contributed by atoms with E-state index in [1.807, 2.05) is 6.92 Å². The molecule has 0 aromatic carbocycles. The minimum Gasteiger partial charge on any atom is -0.393 e. The molecule has 2 saturated heterocycles. The van der Waals surface area contributed by atoms with Crippen LogP contribution in [0.25, 0.3) is 0 Å². The molecule has 2 aliphatic heterocycles. The number of rotatable bonds is 1. The molecular formula is C15H26O3. The van der Waals surface area contributed by atoms with Gasteiger partial charge in [-0.3, -0.25) is 0 Å². The van der Waals surface area contributed by atoms with Gasteiger partial charge in [0.1, 0.15) is 0 Å². The highest BCUT2D eigenvalue weighted by Gasteiger charge is 2.62. The van der Waals surface area contributed by atoms with Gasteiger partial charge in [0.2, 0.25) is 0 Å². The summed E-state index contributed by atoms with van der Waals surface area (Å²) in [6.07, 6.45) is 4.37. The maximum absolute atomic E-state index is 10.2. The van der Waals surface area contributed by atoms with E-state index in [4.69, 9.17) is 4.74 Å². The van der Waals surface area contributed by atoms with E-state index in [2.05, 4.69) is 13.8 Å². The lowest BCUT2D eigenvalue weighted by atomic mass is 9.50. The van der Waals surface area contributed by atoms with Gasteiger partial charge in [0.25, 0.3) is 0 Å². The summed E-state index contributed by atoms with van der Waals surface area (Å²) in [4.78, 5) is 0. The zero-order valence-corrected chi connectivity index (χ0v) is 11.8. The van der Waals surface area contributed by atoms with Crippen LogP contribution in [0.4, 0.5) is 0 Å². The van der Waals surface area contributed by atoms with Crippen molar-refractivity contribution in [2.24, 2.45) is 17.3 Å². The molecule has 5 atom stereocenters. The second-order valence-electron chi connectivity index (χ2n) is 7.64. The van der Waals surface area contributed by atoms with Crippen LogP contribution in [0.1, 0.15) is 52.9 Å². The van der Waals surface area contributed by atoms with E-state index in [1.165, 1.54) is 0 Å². The summed E-state index contributed by atoms with van der Waals surface area (Å²) in [5.41, 5.74) is -0.464. The summed E-state index contributed by atoms with van der Waals surface area (Å²) in [7, 11) is 0. The van der Waals surface area contributed by atoms with Gasteiger partial charge in [-0.25, -0.2) is 0 Å². The van der Waals surface area contributed by atoms with Gasteiger partial charge in [-0.15, -0.1) is 0 Å². The highest BCUT2D eigenvalue weighted by atomic mass is 16.5. The number of fused-ring (bicyclic) bond motifs is 4. The first kappa shape index (κ1) is 12.9. The summed E-state index contributed by atoms with van der Waals surface area (Å²) in [5, 5.41) is 20.1. The Bertz CT molecular complexity index is 354. The fourth-order valence-corrected chi connectivity index (χ4v) is 4.81. The lowest BCUT2D eigenvalue weighted by Crippen LogP contribution is -2.62. The molecular weight excluding hydrogens is 228 g/mol. The number of aliphatic hydroxyl groups excluding tert-OH is 2. The molecule has 3 nitrogen and oxygen atoms in total. The van der Waals surface area contributed by atoms with Crippen LogP contribution >= 0.6 is 0 Å². The van der Waals surface area contributed by atoms with Crippen LogP contribution in [0.3, 0.4) is 0 Å². The first-order chi connectivity index (χ1) is 8.33. The minimum absolute atomic E-state index is 0.104. The topological polar surface area (TPSA) is 49.7 Å². The van der Waals surface area contributed by atoms with Crippen molar-refractivity contribution in [2.75, 3.05) is 6.61 Å². The molecule has 0 radical (unpaired) electrons. The predicted octanol–water partition coefficient (Wildman–Crippen LogP) is 2.10. The van der Waals surface area contributed by atoms with E-state index in [1.54, 1.807) is 0 Å². The molecule has 1 saturated carbocycles. The molecule has 104 valence electrons. The fourth-order valence-electron chi connectivity index (χ4n) is 4.81. The fraction of sp³-hybridized carbons (Fsp3) is 1.00. The smallest absolute Gasteiger partial charge is 0.0952 e. The SMILES string of the molecule is CC1(C)C[C@H]2[C@H]1CC[C@@]1(C)O[C@]2(CO)CC[C@H]1O. The van der Waals surface area contributed by atoms with Crippen molar-refractivity contribution >= 4 is 0 Å². The van der Waals surface area contributed by atoms with Crippen LogP contribution in [-0.2, 0) is 4.74 Å². The lowest BCUT2D eigenvalue weighted by molar-refractivity contribution is -0.271. The van der Waals surface area contributed by atoms with Crippen molar-refractivity contribution in [1.82, 2.24) is 0 Å². The number of ether oxygens (including phenoxy) is 1. The first-order valence-corrected chi connectivity index (χ1v) is 7.32. The highest BCUT2D eigenvalue weighted by Crippen LogP contribution is 2.62. The minimum atomic E-state index is -0.450. The molecule has 2 heterocycles. The molecule has 3 heteroatoms. The van der Waals surface area contributed by atoms with Crippen molar-refractivity contribution in [3.05, 3.63) is 0 Å². The average Bonchev–Trinajstić information content (AvgIpc) is 2.39. The van der Waals surface area contributed by atoms with Gasteiger partial charge in [-0.2, -0.15) is 0 Å². The third-order valence-electron chi connectivity index (χ3n) is 6.11. The van der Waals surface area contributed by atoms with Crippen LogP contribution in [0.5, 0.6) is 0 Å². The summed E-state index contributed by atoms with van der Waals surface area (Å²) in [6, 6.07) is 0. The summed E-state index contributed by atoms with van der Waals surface area (Å²) in [5.74, 6) is 1.11. The van der Waals surface area contributed by atoms with E-state index in [-0.39, 0.29) is 18.3 Å². The van der Waals surface area contributed by atoms with Crippen LogP contribution in [0.15, 0.2) is 0 Å². The van der Waals surface area contributed by atoms with E-state index < -0.39 is 5.60 Å².